The maximum Gasteiger partial charge on any atom is 0.161 e. The average Bonchev–Trinajstić information content (AvgIpc) is 2.49. The largest absolute Gasteiger partial charge is 0.493 e. The highest BCUT2D eigenvalue weighted by Crippen LogP contribution is 2.28. The zero-order valence-corrected chi connectivity index (χ0v) is 12.2. The summed E-state index contributed by atoms with van der Waals surface area (Å²) in [6.45, 7) is 2.10. The van der Waals surface area contributed by atoms with Gasteiger partial charge in [0, 0.05) is 0 Å². The van der Waals surface area contributed by atoms with Crippen molar-refractivity contribution in [3.63, 3.8) is 0 Å². The highest BCUT2D eigenvalue weighted by molar-refractivity contribution is 5.56. The lowest BCUT2D eigenvalue weighted by Crippen LogP contribution is -1.90. The van der Waals surface area contributed by atoms with Gasteiger partial charge in [-0.25, -0.2) is 0 Å². The van der Waals surface area contributed by atoms with Crippen LogP contribution in [-0.2, 0) is 6.42 Å². The molecule has 0 spiro atoms. The predicted molar refractivity (Wildman–Crippen MR) is 83.5 cm³/mol. The van der Waals surface area contributed by atoms with Crippen molar-refractivity contribution in [2.75, 3.05) is 14.2 Å². The molecule has 0 N–H and O–H groups in total. The lowest BCUT2D eigenvalue weighted by Gasteiger charge is -2.07. The second kappa shape index (κ2) is 6.80. The molecule has 0 fully saturated rings. The van der Waals surface area contributed by atoms with E-state index in [1.54, 1.807) is 14.2 Å². The first-order valence-corrected chi connectivity index (χ1v) is 6.67. The summed E-state index contributed by atoms with van der Waals surface area (Å²) in [6.07, 6.45) is 5.18. The summed E-state index contributed by atoms with van der Waals surface area (Å²) in [4.78, 5) is 0. The van der Waals surface area contributed by atoms with Gasteiger partial charge in [0.2, 0.25) is 0 Å². The van der Waals surface area contributed by atoms with Crippen molar-refractivity contribution in [1.82, 2.24) is 0 Å². The van der Waals surface area contributed by atoms with E-state index in [4.69, 9.17) is 9.47 Å². The molecular formula is C18H20O2. The second-order valence-electron chi connectivity index (χ2n) is 4.71. The molecule has 0 aliphatic carbocycles. The van der Waals surface area contributed by atoms with Crippen molar-refractivity contribution in [1.29, 1.82) is 0 Å². The minimum Gasteiger partial charge on any atom is -0.493 e. The summed E-state index contributed by atoms with van der Waals surface area (Å²) in [5.74, 6) is 1.51. The molecule has 0 bridgehead atoms. The Kier molecular flexibility index (Phi) is 4.83. The number of hydrogen-bond acceptors (Lipinski definition) is 2. The van der Waals surface area contributed by atoms with E-state index in [0.29, 0.717) is 0 Å². The van der Waals surface area contributed by atoms with E-state index in [0.717, 1.165) is 23.5 Å². The van der Waals surface area contributed by atoms with Crippen molar-refractivity contribution in [2.24, 2.45) is 0 Å². The van der Waals surface area contributed by atoms with Gasteiger partial charge in [-0.05, 0) is 36.6 Å². The van der Waals surface area contributed by atoms with Gasteiger partial charge in [0.1, 0.15) is 0 Å². The summed E-state index contributed by atoms with van der Waals surface area (Å²) < 4.78 is 10.5. The summed E-state index contributed by atoms with van der Waals surface area (Å²) in [6, 6.07) is 14.5. The Morgan fingerprint density at radius 1 is 0.900 bits per heavy atom. The topological polar surface area (TPSA) is 18.5 Å². The summed E-state index contributed by atoms with van der Waals surface area (Å²) in [5, 5.41) is 0. The molecule has 0 saturated carbocycles. The van der Waals surface area contributed by atoms with E-state index in [1.165, 1.54) is 11.1 Å². The monoisotopic (exact) mass is 268 g/mol. The van der Waals surface area contributed by atoms with Gasteiger partial charge in [-0.3, -0.25) is 0 Å². The Labute approximate surface area is 120 Å². The van der Waals surface area contributed by atoms with E-state index in [2.05, 4.69) is 43.3 Å². The van der Waals surface area contributed by atoms with Gasteiger partial charge in [0.15, 0.2) is 11.5 Å². The van der Waals surface area contributed by atoms with E-state index in [1.807, 2.05) is 18.2 Å². The first-order chi connectivity index (χ1) is 9.72. The molecule has 2 rings (SSSR count). The quantitative estimate of drug-likeness (QED) is 0.806. The van der Waals surface area contributed by atoms with Crippen LogP contribution in [0.15, 0.2) is 48.5 Å². The van der Waals surface area contributed by atoms with Gasteiger partial charge in [-0.15, -0.1) is 0 Å². The van der Waals surface area contributed by atoms with Crippen LogP contribution in [0.3, 0.4) is 0 Å². The molecule has 0 heterocycles. The summed E-state index contributed by atoms with van der Waals surface area (Å²) >= 11 is 0. The Bertz CT molecular complexity index is 583. The maximum absolute atomic E-state index is 5.30. The minimum absolute atomic E-state index is 0.753. The van der Waals surface area contributed by atoms with Gasteiger partial charge in [-0.2, -0.15) is 0 Å². The highest BCUT2D eigenvalue weighted by Gasteiger charge is 2.02. The van der Waals surface area contributed by atoms with E-state index >= 15 is 0 Å². The zero-order chi connectivity index (χ0) is 14.4. The molecule has 0 aliphatic heterocycles. The Morgan fingerprint density at radius 3 is 2.25 bits per heavy atom. The lowest BCUT2D eigenvalue weighted by molar-refractivity contribution is 0.355. The molecular weight excluding hydrogens is 248 g/mol. The number of methoxy groups -OCH3 is 2. The second-order valence-corrected chi connectivity index (χ2v) is 4.71. The average molecular weight is 268 g/mol. The molecule has 20 heavy (non-hydrogen) atoms. The first kappa shape index (κ1) is 14.2. The molecule has 2 nitrogen and oxygen atoms in total. The van der Waals surface area contributed by atoms with Crippen LogP contribution in [0.5, 0.6) is 11.5 Å². The van der Waals surface area contributed by atoms with Crippen molar-refractivity contribution in [2.45, 2.75) is 13.3 Å². The highest BCUT2D eigenvalue weighted by atomic mass is 16.5. The number of ether oxygens (including phenoxy) is 2. The first-order valence-electron chi connectivity index (χ1n) is 6.67. The Balaban J connectivity index is 2.05. The SMILES string of the molecule is COc1ccc(/C=C/Cc2ccc(C)cc2)cc1OC. The smallest absolute Gasteiger partial charge is 0.161 e. The van der Waals surface area contributed by atoms with E-state index in [-0.39, 0.29) is 0 Å². The molecule has 0 radical (unpaired) electrons. The molecule has 2 aromatic carbocycles. The molecule has 0 saturated heterocycles. The van der Waals surface area contributed by atoms with Gasteiger partial charge in [0.05, 0.1) is 14.2 Å². The van der Waals surface area contributed by atoms with Gasteiger partial charge < -0.3 is 9.47 Å². The number of aryl methyl sites for hydroxylation is 1. The molecule has 104 valence electrons. The molecule has 2 aromatic rings. The lowest BCUT2D eigenvalue weighted by atomic mass is 10.1. The van der Waals surface area contributed by atoms with Crippen LogP contribution in [0.1, 0.15) is 16.7 Å². The molecule has 0 amide bonds. The summed E-state index contributed by atoms with van der Waals surface area (Å²) in [5.41, 5.74) is 3.71. The van der Waals surface area contributed by atoms with Crippen LogP contribution in [0, 0.1) is 6.92 Å². The van der Waals surface area contributed by atoms with Gasteiger partial charge in [-0.1, -0.05) is 48.0 Å². The predicted octanol–water partition coefficient (Wildman–Crippen LogP) is 4.27. The van der Waals surface area contributed by atoms with Crippen LogP contribution >= 0.6 is 0 Å². The Hall–Kier alpha value is -2.22. The standard InChI is InChI=1S/C18H20O2/c1-14-7-9-15(10-8-14)5-4-6-16-11-12-17(19-2)18(13-16)20-3/h4,6-13H,5H2,1-3H3/b6-4+. The molecule has 2 heteroatoms. The van der Waals surface area contributed by atoms with Crippen LogP contribution in [-0.4, -0.2) is 14.2 Å². The number of hydrogen-bond donors (Lipinski definition) is 0. The minimum atomic E-state index is 0.753. The third-order valence-electron chi connectivity index (χ3n) is 3.19. The van der Waals surface area contributed by atoms with Crippen LogP contribution in [0.4, 0.5) is 0 Å². The van der Waals surface area contributed by atoms with E-state index in [9.17, 15) is 0 Å². The zero-order valence-electron chi connectivity index (χ0n) is 12.2. The van der Waals surface area contributed by atoms with Crippen molar-refractivity contribution in [3.8, 4) is 11.5 Å². The summed E-state index contributed by atoms with van der Waals surface area (Å²) in [7, 11) is 3.29. The van der Waals surface area contributed by atoms with Crippen LogP contribution in [0.25, 0.3) is 6.08 Å². The molecule has 0 aliphatic rings. The van der Waals surface area contributed by atoms with Crippen LogP contribution < -0.4 is 9.47 Å². The fourth-order valence-corrected chi connectivity index (χ4v) is 2.01. The van der Waals surface area contributed by atoms with Crippen molar-refractivity contribution < 1.29 is 9.47 Å². The third-order valence-corrected chi connectivity index (χ3v) is 3.19. The number of allylic oxidation sites excluding steroid dienone is 1. The molecule has 0 aromatic heterocycles. The normalized spacial score (nSPS) is 10.8. The molecule has 0 unspecified atom stereocenters. The Morgan fingerprint density at radius 2 is 1.60 bits per heavy atom. The van der Waals surface area contributed by atoms with Crippen molar-refractivity contribution >= 4 is 6.08 Å². The van der Waals surface area contributed by atoms with Gasteiger partial charge in [0.25, 0.3) is 0 Å². The fraction of sp³-hybridized carbons (Fsp3) is 0.222. The maximum atomic E-state index is 5.30. The fourth-order valence-electron chi connectivity index (χ4n) is 2.01. The van der Waals surface area contributed by atoms with Crippen molar-refractivity contribution in [3.05, 3.63) is 65.2 Å². The molecule has 0 atom stereocenters. The van der Waals surface area contributed by atoms with E-state index < -0.39 is 0 Å². The number of benzene rings is 2. The van der Waals surface area contributed by atoms with Gasteiger partial charge >= 0.3 is 0 Å². The third kappa shape index (κ3) is 3.64. The van der Waals surface area contributed by atoms with Crippen LogP contribution in [0.2, 0.25) is 0 Å². The number of rotatable bonds is 5.